The van der Waals surface area contributed by atoms with Gasteiger partial charge in [-0.2, -0.15) is 0 Å². The van der Waals surface area contributed by atoms with Gasteiger partial charge in [-0.1, -0.05) is 48.3 Å². The van der Waals surface area contributed by atoms with Gasteiger partial charge >= 0.3 is 0 Å². The van der Waals surface area contributed by atoms with Gasteiger partial charge < -0.3 is 9.84 Å². The van der Waals surface area contributed by atoms with Crippen LogP contribution in [-0.4, -0.2) is 42.4 Å². The third-order valence-corrected chi connectivity index (χ3v) is 3.69. The molecule has 1 aromatic carbocycles. The Bertz CT molecular complexity index is 397. The molecule has 24 heavy (non-hydrogen) atoms. The average Bonchev–Trinajstić information content (AvgIpc) is 2.86. The minimum Gasteiger partial charge on any atom is -0.497 e. The van der Waals surface area contributed by atoms with Crippen LogP contribution >= 0.6 is 0 Å². The van der Waals surface area contributed by atoms with Gasteiger partial charge in [0.2, 0.25) is 0 Å². The van der Waals surface area contributed by atoms with Crippen LogP contribution in [0.25, 0.3) is 0 Å². The van der Waals surface area contributed by atoms with E-state index in [9.17, 15) is 0 Å². The van der Waals surface area contributed by atoms with Gasteiger partial charge in [0.05, 0.1) is 13.2 Å². The SMILES string of the molecule is C.C.C.CC(C)N1CC[C@H](O)C1.COc1cccc(C(C)C)c1.[Y]. The molecule has 1 aromatic rings. The normalized spacial score (nSPS) is 15.9. The molecule has 0 spiro atoms. The molecule has 1 saturated heterocycles. The summed E-state index contributed by atoms with van der Waals surface area (Å²) >= 11 is 0. The maximum Gasteiger partial charge on any atom is 0.119 e. The first-order valence-corrected chi connectivity index (χ1v) is 7.50. The number of rotatable bonds is 3. The van der Waals surface area contributed by atoms with E-state index in [4.69, 9.17) is 9.84 Å². The van der Waals surface area contributed by atoms with Crippen LogP contribution in [0.4, 0.5) is 0 Å². The number of aliphatic hydroxyl groups is 1. The van der Waals surface area contributed by atoms with Crippen LogP contribution in [0.15, 0.2) is 24.3 Å². The number of β-amino-alcohol motifs (C(OH)–C–C–N with tert-alkyl or cyclic N) is 1. The van der Waals surface area contributed by atoms with E-state index in [0.29, 0.717) is 12.0 Å². The van der Waals surface area contributed by atoms with E-state index < -0.39 is 0 Å². The van der Waals surface area contributed by atoms with Crippen LogP contribution in [0.3, 0.4) is 0 Å². The minimum absolute atomic E-state index is 0. The van der Waals surface area contributed by atoms with E-state index in [0.717, 1.165) is 25.3 Å². The Labute approximate surface area is 177 Å². The molecule has 4 heteroatoms. The first kappa shape index (κ1) is 31.8. The third-order valence-electron chi connectivity index (χ3n) is 3.69. The van der Waals surface area contributed by atoms with E-state index in [1.54, 1.807) is 7.11 Å². The summed E-state index contributed by atoms with van der Waals surface area (Å²) < 4.78 is 5.11. The van der Waals surface area contributed by atoms with Gasteiger partial charge in [-0.25, -0.2) is 0 Å². The zero-order chi connectivity index (χ0) is 15.1. The van der Waals surface area contributed by atoms with Gasteiger partial charge in [0.1, 0.15) is 5.75 Å². The van der Waals surface area contributed by atoms with Gasteiger partial charge in [0.25, 0.3) is 0 Å². The van der Waals surface area contributed by atoms with E-state index in [1.165, 1.54) is 5.56 Å². The van der Waals surface area contributed by atoms with Crippen molar-refractivity contribution < 1.29 is 42.6 Å². The molecule has 1 heterocycles. The molecule has 1 fully saturated rings. The first-order chi connectivity index (χ1) is 9.43. The molecule has 0 saturated carbocycles. The number of hydrogen-bond donors (Lipinski definition) is 1. The fraction of sp³-hybridized carbons (Fsp3) is 0.700. The smallest absolute Gasteiger partial charge is 0.119 e. The molecule has 1 aliphatic heterocycles. The Morgan fingerprint density at radius 3 is 2.04 bits per heavy atom. The summed E-state index contributed by atoms with van der Waals surface area (Å²) in [6.07, 6.45) is 0.894. The molecule has 1 atom stereocenters. The summed E-state index contributed by atoms with van der Waals surface area (Å²) in [7, 11) is 1.69. The summed E-state index contributed by atoms with van der Waals surface area (Å²) in [6, 6.07) is 8.78. The van der Waals surface area contributed by atoms with E-state index >= 15 is 0 Å². The molecule has 141 valence electrons. The van der Waals surface area contributed by atoms with Crippen molar-refractivity contribution in [1.82, 2.24) is 4.90 Å². The fourth-order valence-corrected chi connectivity index (χ4v) is 2.24. The second kappa shape index (κ2) is 16.5. The van der Waals surface area contributed by atoms with Crippen molar-refractivity contribution in [3.05, 3.63) is 29.8 Å². The summed E-state index contributed by atoms with van der Waals surface area (Å²) in [6.45, 7) is 10.6. The Hall–Kier alpha value is 0.0439. The minimum atomic E-state index is -0.0626. The predicted molar refractivity (Wildman–Crippen MR) is 105 cm³/mol. The number of methoxy groups -OCH3 is 1. The molecule has 1 aliphatic rings. The van der Waals surface area contributed by atoms with Crippen LogP contribution < -0.4 is 4.74 Å². The van der Waals surface area contributed by atoms with Crippen LogP contribution in [-0.2, 0) is 32.7 Å². The average molecular weight is 416 g/mol. The zero-order valence-corrected chi connectivity index (χ0v) is 16.9. The zero-order valence-electron chi connectivity index (χ0n) is 14.0. The molecule has 1 N–H and O–H groups in total. The molecule has 3 nitrogen and oxygen atoms in total. The van der Waals surface area contributed by atoms with E-state index in [2.05, 4.69) is 44.7 Å². The second-order valence-corrected chi connectivity index (χ2v) is 5.96. The summed E-state index contributed by atoms with van der Waals surface area (Å²) in [5.74, 6) is 1.52. The molecule has 0 aromatic heterocycles. The first-order valence-electron chi connectivity index (χ1n) is 7.50. The maximum absolute atomic E-state index is 9.11. The molecule has 0 unspecified atom stereocenters. The van der Waals surface area contributed by atoms with Crippen molar-refractivity contribution in [2.24, 2.45) is 0 Å². The van der Waals surface area contributed by atoms with Crippen molar-refractivity contribution >= 4 is 0 Å². The molecule has 0 bridgehead atoms. The third kappa shape index (κ3) is 11.6. The predicted octanol–water partition coefficient (Wildman–Crippen LogP) is 5.19. The second-order valence-electron chi connectivity index (χ2n) is 5.96. The van der Waals surface area contributed by atoms with Crippen molar-refractivity contribution in [3.63, 3.8) is 0 Å². The number of hydrogen-bond acceptors (Lipinski definition) is 3. The monoisotopic (exact) mass is 416 g/mol. The van der Waals surface area contributed by atoms with Crippen molar-refractivity contribution in [3.8, 4) is 5.75 Å². The molecule has 2 rings (SSSR count). The van der Waals surface area contributed by atoms with Crippen molar-refractivity contribution in [1.29, 1.82) is 0 Å². The number of likely N-dealkylation sites (tertiary alicyclic amines) is 1. The topological polar surface area (TPSA) is 32.7 Å². The molecule has 1 radical (unpaired) electrons. The van der Waals surface area contributed by atoms with Gasteiger partial charge in [-0.3, -0.25) is 4.90 Å². The van der Waals surface area contributed by atoms with Crippen LogP contribution in [0.5, 0.6) is 5.75 Å². The van der Waals surface area contributed by atoms with Crippen molar-refractivity contribution in [2.45, 2.75) is 74.5 Å². The van der Waals surface area contributed by atoms with Gasteiger partial charge in [0, 0.05) is 51.8 Å². The molecule has 0 aliphatic carbocycles. The molecular weight excluding hydrogens is 375 g/mol. The standard InChI is InChI=1S/C10H14O.C7H15NO.3CH4.Y/c1-8(2)9-5-4-6-10(7-9)11-3;1-6(2)8-4-3-7(9)5-8;;;;/h4-8H,1-3H3;6-7,9H,3-5H2,1-2H3;3*1H4;/t;7-;;;;/m.0..../s1. The van der Waals surface area contributed by atoms with Crippen LogP contribution in [0, 0.1) is 0 Å². The fourth-order valence-electron chi connectivity index (χ4n) is 2.24. The van der Waals surface area contributed by atoms with Crippen LogP contribution in [0.1, 0.15) is 67.9 Å². The summed E-state index contributed by atoms with van der Waals surface area (Å²) in [5.41, 5.74) is 1.32. The van der Waals surface area contributed by atoms with E-state index in [-0.39, 0.29) is 61.1 Å². The Morgan fingerprint density at radius 2 is 1.71 bits per heavy atom. The molecule has 0 amide bonds. The van der Waals surface area contributed by atoms with Gasteiger partial charge in [0.15, 0.2) is 0 Å². The Balaban J connectivity index is -0.000000145. The number of benzene rings is 1. The largest absolute Gasteiger partial charge is 0.497 e. The van der Waals surface area contributed by atoms with Gasteiger partial charge in [-0.05, 0) is 43.9 Å². The maximum atomic E-state index is 9.11. The van der Waals surface area contributed by atoms with E-state index in [1.807, 2.05) is 12.1 Å². The summed E-state index contributed by atoms with van der Waals surface area (Å²) in [5, 5.41) is 9.11. The van der Waals surface area contributed by atoms with Crippen molar-refractivity contribution in [2.75, 3.05) is 20.2 Å². The summed E-state index contributed by atoms with van der Waals surface area (Å²) in [4.78, 5) is 2.30. The number of aliphatic hydroxyl groups excluding tert-OH is 1. The Kier molecular flexibility index (Phi) is 21.9. The van der Waals surface area contributed by atoms with Gasteiger partial charge in [-0.15, -0.1) is 0 Å². The molecular formula is C20H41NO2Y. The number of ether oxygens (including phenoxy) is 1. The quantitative estimate of drug-likeness (QED) is 0.737. The Morgan fingerprint density at radius 1 is 1.12 bits per heavy atom. The van der Waals surface area contributed by atoms with Crippen LogP contribution in [0.2, 0.25) is 0 Å². The number of nitrogens with zero attached hydrogens (tertiary/aromatic N) is 1.